The molecule has 0 bridgehead atoms. The maximum absolute atomic E-state index is 12.7. The topological polar surface area (TPSA) is 87.0 Å². The number of aryl methyl sites for hydroxylation is 1. The second-order valence-electron chi connectivity index (χ2n) is 6.39. The lowest BCUT2D eigenvalue weighted by Gasteiger charge is -2.08. The molecule has 1 fully saturated rings. The SMILES string of the molecule is Cc1c2c(-n3cc(C4CCCN4)nn3)ncn2c2ccccc2[n+]1[O-]. The Morgan fingerprint density at radius 3 is 3.04 bits per heavy atom. The van der Waals surface area contributed by atoms with E-state index < -0.39 is 0 Å². The number of aromatic nitrogens is 6. The third kappa shape index (κ3) is 2.04. The maximum Gasteiger partial charge on any atom is 0.241 e. The van der Waals surface area contributed by atoms with E-state index in [0.29, 0.717) is 17.0 Å². The van der Waals surface area contributed by atoms with Gasteiger partial charge in [-0.1, -0.05) is 17.3 Å². The monoisotopic (exact) mass is 335 g/mol. The molecule has 1 atom stereocenters. The molecule has 0 saturated carbocycles. The van der Waals surface area contributed by atoms with E-state index in [9.17, 15) is 5.21 Å². The highest BCUT2D eigenvalue weighted by atomic mass is 16.5. The number of para-hydroxylation sites is 2. The molecular weight excluding hydrogens is 318 g/mol. The van der Waals surface area contributed by atoms with E-state index in [-0.39, 0.29) is 6.04 Å². The fraction of sp³-hybridized carbons (Fsp3) is 0.294. The minimum Gasteiger partial charge on any atom is -0.618 e. The van der Waals surface area contributed by atoms with Crippen molar-refractivity contribution < 1.29 is 4.73 Å². The van der Waals surface area contributed by atoms with Crippen LogP contribution in [0.5, 0.6) is 0 Å². The molecule has 8 nitrogen and oxygen atoms in total. The summed E-state index contributed by atoms with van der Waals surface area (Å²) in [7, 11) is 0. The van der Waals surface area contributed by atoms with Crippen molar-refractivity contribution in [2.24, 2.45) is 0 Å². The Bertz CT molecular complexity index is 1090. The molecule has 1 aliphatic rings. The summed E-state index contributed by atoms with van der Waals surface area (Å²) in [6, 6.07) is 7.74. The summed E-state index contributed by atoms with van der Waals surface area (Å²) in [6.07, 6.45) is 5.84. The molecule has 1 unspecified atom stereocenters. The molecule has 0 aliphatic carbocycles. The molecule has 1 aliphatic heterocycles. The minimum absolute atomic E-state index is 0.244. The van der Waals surface area contributed by atoms with Crippen LogP contribution in [0.3, 0.4) is 0 Å². The molecule has 1 N–H and O–H groups in total. The Kier molecular flexibility index (Phi) is 3.01. The molecule has 0 spiro atoms. The smallest absolute Gasteiger partial charge is 0.241 e. The fourth-order valence-corrected chi connectivity index (χ4v) is 3.62. The van der Waals surface area contributed by atoms with Crippen LogP contribution in [0.1, 0.15) is 30.3 Å². The van der Waals surface area contributed by atoms with Gasteiger partial charge in [-0.05, 0) is 25.5 Å². The minimum atomic E-state index is 0.244. The number of hydrogen-bond acceptors (Lipinski definition) is 5. The van der Waals surface area contributed by atoms with Crippen LogP contribution in [0.2, 0.25) is 0 Å². The number of nitrogens with zero attached hydrogens (tertiary/aromatic N) is 6. The van der Waals surface area contributed by atoms with E-state index in [1.54, 1.807) is 17.9 Å². The van der Waals surface area contributed by atoms with Crippen LogP contribution < -0.4 is 10.0 Å². The van der Waals surface area contributed by atoms with Crippen molar-refractivity contribution >= 4 is 16.6 Å². The van der Waals surface area contributed by atoms with Crippen molar-refractivity contribution in [1.29, 1.82) is 0 Å². The number of imidazole rings is 1. The second kappa shape index (κ2) is 5.25. The van der Waals surface area contributed by atoms with Gasteiger partial charge in [0.1, 0.15) is 17.5 Å². The Labute approximate surface area is 143 Å². The summed E-state index contributed by atoms with van der Waals surface area (Å²) < 4.78 is 4.54. The van der Waals surface area contributed by atoms with Crippen LogP contribution in [0.25, 0.3) is 22.4 Å². The van der Waals surface area contributed by atoms with Gasteiger partial charge in [0.15, 0.2) is 11.3 Å². The predicted octanol–water partition coefficient (Wildman–Crippen LogP) is 1.43. The molecule has 4 aromatic rings. The lowest BCUT2D eigenvalue weighted by Crippen LogP contribution is -2.32. The summed E-state index contributed by atoms with van der Waals surface area (Å²) in [6.45, 7) is 2.81. The average Bonchev–Trinajstić information content (AvgIpc) is 3.38. The van der Waals surface area contributed by atoms with E-state index in [0.717, 1.165) is 40.8 Å². The molecule has 5 rings (SSSR count). The van der Waals surface area contributed by atoms with Gasteiger partial charge < -0.3 is 10.5 Å². The van der Waals surface area contributed by atoms with E-state index >= 15 is 0 Å². The number of hydrogen-bond donors (Lipinski definition) is 1. The lowest BCUT2D eigenvalue weighted by molar-refractivity contribution is -0.583. The highest BCUT2D eigenvalue weighted by Gasteiger charge is 2.23. The van der Waals surface area contributed by atoms with E-state index in [2.05, 4.69) is 20.6 Å². The molecule has 4 heterocycles. The molecule has 1 aromatic carbocycles. The normalized spacial score (nSPS) is 17.7. The molecular formula is C17H17N7O. The Balaban J connectivity index is 1.72. The Morgan fingerprint density at radius 1 is 1.32 bits per heavy atom. The zero-order valence-corrected chi connectivity index (χ0v) is 13.8. The first-order chi connectivity index (χ1) is 12.2. The van der Waals surface area contributed by atoms with E-state index in [1.807, 2.05) is 34.9 Å². The third-order valence-electron chi connectivity index (χ3n) is 4.90. The molecule has 3 aromatic heterocycles. The summed E-state index contributed by atoms with van der Waals surface area (Å²) in [5.41, 5.74) is 3.67. The number of rotatable bonds is 2. The first kappa shape index (κ1) is 14.4. The maximum atomic E-state index is 12.7. The average molecular weight is 335 g/mol. The van der Waals surface area contributed by atoms with Crippen LogP contribution >= 0.6 is 0 Å². The highest BCUT2D eigenvalue weighted by molar-refractivity contribution is 5.78. The van der Waals surface area contributed by atoms with Crippen molar-refractivity contribution in [1.82, 2.24) is 29.7 Å². The number of fused-ring (bicyclic) bond motifs is 3. The van der Waals surface area contributed by atoms with Crippen LogP contribution in [0, 0.1) is 12.1 Å². The van der Waals surface area contributed by atoms with Gasteiger partial charge in [0.05, 0.1) is 12.2 Å². The predicted molar refractivity (Wildman–Crippen MR) is 91.3 cm³/mol. The summed E-state index contributed by atoms with van der Waals surface area (Å²) in [5.74, 6) is 0.615. The van der Waals surface area contributed by atoms with Gasteiger partial charge in [0.25, 0.3) is 0 Å². The lowest BCUT2D eigenvalue weighted by atomic mass is 10.2. The third-order valence-corrected chi connectivity index (χ3v) is 4.90. The molecule has 8 heteroatoms. The standard InChI is InChI=1S/C17H17N7O/c1-11-16-17(23-9-13(20-21-23)12-5-4-8-18-12)19-10-22(16)14-6-2-3-7-15(14)24(11)25/h2-3,6-7,9-10,12,18H,4-5,8H2,1H3. The van der Waals surface area contributed by atoms with Gasteiger partial charge >= 0.3 is 0 Å². The van der Waals surface area contributed by atoms with Gasteiger partial charge in [-0.25, -0.2) is 4.98 Å². The van der Waals surface area contributed by atoms with Gasteiger partial charge in [0, 0.05) is 13.0 Å². The van der Waals surface area contributed by atoms with Crippen molar-refractivity contribution in [3.05, 3.63) is 53.4 Å². The molecule has 0 amide bonds. The number of nitrogens with one attached hydrogen (secondary N) is 1. The fourth-order valence-electron chi connectivity index (χ4n) is 3.62. The van der Waals surface area contributed by atoms with Crippen LogP contribution in [0.15, 0.2) is 36.8 Å². The van der Waals surface area contributed by atoms with Crippen LogP contribution in [-0.2, 0) is 0 Å². The largest absolute Gasteiger partial charge is 0.618 e. The van der Waals surface area contributed by atoms with Gasteiger partial charge in [-0.15, -0.1) is 5.10 Å². The second-order valence-corrected chi connectivity index (χ2v) is 6.39. The molecule has 1 saturated heterocycles. The summed E-state index contributed by atoms with van der Waals surface area (Å²) in [5, 5.41) is 24.6. The van der Waals surface area contributed by atoms with E-state index in [4.69, 9.17) is 0 Å². The zero-order chi connectivity index (χ0) is 17.0. The Morgan fingerprint density at radius 2 is 2.20 bits per heavy atom. The van der Waals surface area contributed by atoms with E-state index in [1.165, 1.54) is 0 Å². The Hall–Kier alpha value is -3.00. The van der Waals surface area contributed by atoms with Crippen molar-refractivity contribution in [2.75, 3.05) is 6.54 Å². The summed E-state index contributed by atoms with van der Waals surface area (Å²) >= 11 is 0. The van der Waals surface area contributed by atoms with Gasteiger partial charge in [-0.3, -0.25) is 4.40 Å². The van der Waals surface area contributed by atoms with Crippen molar-refractivity contribution in [3.8, 4) is 5.82 Å². The molecule has 0 radical (unpaired) electrons. The van der Waals surface area contributed by atoms with Crippen molar-refractivity contribution in [2.45, 2.75) is 25.8 Å². The van der Waals surface area contributed by atoms with Gasteiger partial charge in [0.2, 0.25) is 11.2 Å². The highest BCUT2D eigenvalue weighted by Crippen LogP contribution is 2.24. The van der Waals surface area contributed by atoms with Crippen LogP contribution in [0.4, 0.5) is 0 Å². The zero-order valence-electron chi connectivity index (χ0n) is 13.8. The quantitative estimate of drug-likeness (QED) is 0.442. The van der Waals surface area contributed by atoms with Gasteiger partial charge in [-0.2, -0.15) is 9.41 Å². The van der Waals surface area contributed by atoms with Crippen molar-refractivity contribution in [3.63, 3.8) is 0 Å². The summed E-state index contributed by atoms with van der Waals surface area (Å²) in [4.78, 5) is 4.51. The van der Waals surface area contributed by atoms with Crippen LogP contribution in [-0.4, -0.2) is 30.9 Å². The molecule has 126 valence electrons. The molecule has 25 heavy (non-hydrogen) atoms. The number of benzene rings is 1. The first-order valence-electron chi connectivity index (χ1n) is 8.38. The first-order valence-corrected chi connectivity index (χ1v) is 8.38.